The van der Waals surface area contributed by atoms with Gasteiger partial charge in [0.15, 0.2) is 0 Å². The van der Waals surface area contributed by atoms with Crippen LogP contribution in [0.25, 0.3) is 0 Å². The molecule has 1 heterocycles. The van der Waals surface area contributed by atoms with Crippen LogP contribution < -0.4 is 10.6 Å². The van der Waals surface area contributed by atoms with Gasteiger partial charge in [0.25, 0.3) is 0 Å². The Balaban J connectivity index is 2.65. The van der Waals surface area contributed by atoms with Crippen LogP contribution >= 0.6 is 15.9 Å². The molecule has 7 heteroatoms. The highest BCUT2D eigenvalue weighted by molar-refractivity contribution is 9.10. The highest BCUT2D eigenvalue weighted by Gasteiger charge is 2.09. The maximum Gasteiger partial charge on any atom is 0.146 e. The van der Waals surface area contributed by atoms with E-state index in [9.17, 15) is 5.11 Å². The van der Waals surface area contributed by atoms with Crippen molar-refractivity contribution in [3.63, 3.8) is 0 Å². The van der Waals surface area contributed by atoms with E-state index >= 15 is 0 Å². The minimum absolute atomic E-state index is 0.235. The second-order valence-electron chi connectivity index (χ2n) is 3.53. The molecular formula is C10H17BrN4O2. The zero-order valence-corrected chi connectivity index (χ0v) is 11.2. The minimum Gasteiger partial charge on any atom is -0.394 e. The van der Waals surface area contributed by atoms with E-state index in [2.05, 4.69) is 43.5 Å². The molecule has 1 aromatic rings. The molecule has 1 rings (SSSR count). The Kier molecular flexibility index (Phi) is 6.17. The monoisotopic (exact) mass is 304 g/mol. The van der Waals surface area contributed by atoms with Crippen molar-refractivity contribution in [3.05, 3.63) is 10.8 Å². The molecule has 1 unspecified atom stereocenters. The van der Waals surface area contributed by atoms with Crippen molar-refractivity contribution in [2.45, 2.75) is 19.4 Å². The van der Waals surface area contributed by atoms with Gasteiger partial charge in [-0.1, -0.05) is 6.92 Å². The SMILES string of the molecule is CCCNc1ncnc(NCC(O)CO)c1Br. The smallest absolute Gasteiger partial charge is 0.146 e. The van der Waals surface area contributed by atoms with Crippen LogP contribution in [0.5, 0.6) is 0 Å². The number of hydrogen-bond acceptors (Lipinski definition) is 6. The molecule has 4 N–H and O–H groups in total. The van der Waals surface area contributed by atoms with Crippen molar-refractivity contribution in [1.82, 2.24) is 9.97 Å². The molecule has 0 saturated carbocycles. The van der Waals surface area contributed by atoms with Gasteiger partial charge < -0.3 is 20.8 Å². The third-order valence-corrected chi connectivity index (χ3v) is 2.80. The quantitative estimate of drug-likeness (QED) is 0.596. The fourth-order valence-corrected chi connectivity index (χ4v) is 1.62. The van der Waals surface area contributed by atoms with E-state index in [1.807, 2.05) is 0 Å². The summed E-state index contributed by atoms with van der Waals surface area (Å²) in [5.74, 6) is 1.30. The van der Waals surface area contributed by atoms with E-state index < -0.39 is 6.10 Å². The molecule has 96 valence electrons. The lowest BCUT2D eigenvalue weighted by atomic mass is 10.3. The summed E-state index contributed by atoms with van der Waals surface area (Å²) in [6.45, 7) is 2.85. The topological polar surface area (TPSA) is 90.3 Å². The molecule has 0 fully saturated rings. The van der Waals surface area contributed by atoms with Gasteiger partial charge in [0.05, 0.1) is 12.7 Å². The van der Waals surface area contributed by atoms with Crippen LogP contribution in [-0.2, 0) is 0 Å². The maximum atomic E-state index is 9.23. The van der Waals surface area contributed by atoms with E-state index in [0.717, 1.165) is 17.4 Å². The lowest BCUT2D eigenvalue weighted by Crippen LogP contribution is -2.23. The molecule has 0 aliphatic carbocycles. The van der Waals surface area contributed by atoms with Crippen molar-refractivity contribution < 1.29 is 10.2 Å². The molecule has 1 atom stereocenters. The summed E-state index contributed by atoms with van der Waals surface area (Å²) in [6, 6.07) is 0. The molecule has 0 saturated heterocycles. The number of aromatic nitrogens is 2. The largest absolute Gasteiger partial charge is 0.394 e. The number of hydrogen-bond donors (Lipinski definition) is 4. The average Bonchev–Trinajstić information content (AvgIpc) is 2.35. The molecule has 0 radical (unpaired) electrons. The fourth-order valence-electron chi connectivity index (χ4n) is 1.14. The van der Waals surface area contributed by atoms with Crippen LogP contribution in [0.2, 0.25) is 0 Å². The van der Waals surface area contributed by atoms with E-state index in [4.69, 9.17) is 5.11 Å². The molecule has 0 bridgehead atoms. The van der Waals surface area contributed by atoms with Gasteiger partial charge in [-0.25, -0.2) is 9.97 Å². The summed E-state index contributed by atoms with van der Waals surface area (Å²) >= 11 is 3.39. The van der Waals surface area contributed by atoms with Gasteiger partial charge >= 0.3 is 0 Å². The average molecular weight is 305 g/mol. The summed E-state index contributed by atoms with van der Waals surface area (Å²) in [7, 11) is 0. The number of nitrogens with zero attached hydrogens (tertiary/aromatic N) is 2. The van der Waals surface area contributed by atoms with Crippen LogP contribution in [0.1, 0.15) is 13.3 Å². The second kappa shape index (κ2) is 7.41. The first-order chi connectivity index (χ1) is 8.19. The Morgan fingerprint density at radius 2 is 2.00 bits per heavy atom. The number of aliphatic hydroxyl groups is 2. The van der Waals surface area contributed by atoms with Gasteiger partial charge in [-0.3, -0.25) is 0 Å². The van der Waals surface area contributed by atoms with Crippen LogP contribution in [0.3, 0.4) is 0 Å². The Labute approximate surface area is 109 Å². The highest BCUT2D eigenvalue weighted by Crippen LogP contribution is 2.26. The molecule has 0 aromatic carbocycles. The highest BCUT2D eigenvalue weighted by atomic mass is 79.9. The molecule has 0 aliphatic heterocycles. The van der Waals surface area contributed by atoms with Gasteiger partial charge in [0.2, 0.25) is 0 Å². The maximum absolute atomic E-state index is 9.23. The number of aliphatic hydroxyl groups excluding tert-OH is 2. The predicted molar refractivity (Wildman–Crippen MR) is 70.1 cm³/mol. The van der Waals surface area contributed by atoms with Gasteiger partial charge in [-0.2, -0.15) is 0 Å². The van der Waals surface area contributed by atoms with E-state index in [-0.39, 0.29) is 13.2 Å². The minimum atomic E-state index is -0.802. The molecule has 1 aromatic heterocycles. The van der Waals surface area contributed by atoms with Crippen molar-refractivity contribution in [2.75, 3.05) is 30.3 Å². The predicted octanol–water partition coefficient (Wildman–Crippen LogP) is 0.826. The first-order valence-electron chi connectivity index (χ1n) is 5.46. The van der Waals surface area contributed by atoms with E-state index in [0.29, 0.717) is 11.6 Å². The lowest BCUT2D eigenvalue weighted by molar-refractivity contribution is 0.105. The molecule has 17 heavy (non-hydrogen) atoms. The third-order valence-electron chi connectivity index (χ3n) is 2.05. The molecule has 0 aliphatic rings. The van der Waals surface area contributed by atoms with Gasteiger partial charge in [-0.15, -0.1) is 0 Å². The summed E-state index contributed by atoms with van der Waals surface area (Å²) in [5, 5.41) is 24.0. The van der Waals surface area contributed by atoms with E-state index in [1.165, 1.54) is 6.33 Å². The third kappa shape index (κ3) is 4.45. The van der Waals surface area contributed by atoms with Crippen LogP contribution in [0.15, 0.2) is 10.8 Å². The van der Waals surface area contributed by atoms with Crippen molar-refractivity contribution >= 4 is 27.6 Å². The van der Waals surface area contributed by atoms with Crippen molar-refractivity contribution in [3.8, 4) is 0 Å². The zero-order chi connectivity index (χ0) is 12.7. The van der Waals surface area contributed by atoms with E-state index in [1.54, 1.807) is 0 Å². The summed E-state index contributed by atoms with van der Waals surface area (Å²) < 4.78 is 0.721. The van der Waals surface area contributed by atoms with Gasteiger partial charge in [0, 0.05) is 13.1 Å². The summed E-state index contributed by atoms with van der Waals surface area (Å²) in [4.78, 5) is 8.15. The Bertz CT molecular complexity index is 351. The molecular weight excluding hydrogens is 288 g/mol. The zero-order valence-electron chi connectivity index (χ0n) is 9.65. The number of rotatable bonds is 7. The Morgan fingerprint density at radius 1 is 1.35 bits per heavy atom. The lowest BCUT2D eigenvalue weighted by Gasteiger charge is -2.13. The molecule has 6 nitrogen and oxygen atoms in total. The Morgan fingerprint density at radius 3 is 2.59 bits per heavy atom. The standard InChI is InChI=1S/C10H17BrN4O2/c1-2-3-12-9-8(11)10(15-6-14-9)13-4-7(17)5-16/h6-7,16-17H,2-5H2,1H3,(H2,12,13,14,15). The van der Waals surface area contributed by atoms with Crippen LogP contribution in [0, 0.1) is 0 Å². The van der Waals surface area contributed by atoms with Crippen molar-refractivity contribution in [1.29, 1.82) is 0 Å². The van der Waals surface area contributed by atoms with Gasteiger partial charge in [-0.05, 0) is 22.4 Å². The molecule has 0 spiro atoms. The number of halogens is 1. The second-order valence-corrected chi connectivity index (χ2v) is 4.32. The van der Waals surface area contributed by atoms with Crippen LogP contribution in [0.4, 0.5) is 11.6 Å². The van der Waals surface area contributed by atoms with Gasteiger partial charge in [0.1, 0.15) is 22.4 Å². The first-order valence-corrected chi connectivity index (χ1v) is 6.25. The normalized spacial score (nSPS) is 12.2. The number of anilines is 2. The van der Waals surface area contributed by atoms with Crippen LogP contribution in [-0.4, -0.2) is 46.0 Å². The van der Waals surface area contributed by atoms with Crippen molar-refractivity contribution in [2.24, 2.45) is 0 Å². The summed E-state index contributed by atoms with van der Waals surface area (Å²) in [5.41, 5.74) is 0. The first kappa shape index (κ1) is 14.1. The number of nitrogens with one attached hydrogen (secondary N) is 2. The summed E-state index contributed by atoms with van der Waals surface area (Å²) in [6.07, 6.45) is 1.64. The molecule has 0 amide bonds. The fraction of sp³-hybridized carbons (Fsp3) is 0.600. The Hall–Kier alpha value is -0.920.